The average molecular weight is 961 g/mol. The number of esters is 2. The number of aliphatic hydroxyl groups excluding tert-OH is 3. The first kappa shape index (κ1) is 62.4. The number of hydrogen-bond acceptors (Lipinski definition) is 11. The second-order valence-corrected chi connectivity index (χ2v) is 20.8. The van der Waals surface area contributed by atoms with Gasteiger partial charge in [-0.2, -0.15) is 8.42 Å². The molecular formula is C53H100O12S. The number of ether oxygens (including phenoxy) is 4. The molecule has 0 aliphatic carbocycles. The Morgan fingerprint density at radius 2 is 0.864 bits per heavy atom. The number of aliphatic hydroxyl groups is 3. The molecule has 6 atom stereocenters. The molecule has 0 amide bonds. The topological polar surface area (TPSA) is 186 Å². The molecule has 0 saturated carbocycles. The third kappa shape index (κ3) is 37.3. The van der Waals surface area contributed by atoms with E-state index in [4.69, 9.17) is 18.9 Å². The zero-order valence-electron chi connectivity index (χ0n) is 42.1. The average Bonchev–Trinajstić information content (AvgIpc) is 3.28. The minimum absolute atomic E-state index is 0.164. The fourth-order valence-electron chi connectivity index (χ4n) is 8.62. The van der Waals surface area contributed by atoms with Crippen molar-refractivity contribution < 1.29 is 56.8 Å². The molecule has 1 aliphatic heterocycles. The van der Waals surface area contributed by atoms with E-state index in [9.17, 15) is 37.9 Å². The van der Waals surface area contributed by atoms with Gasteiger partial charge in [0.05, 0.1) is 6.61 Å². The first-order valence-electron chi connectivity index (χ1n) is 27.2. The molecule has 66 heavy (non-hydrogen) atoms. The largest absolute Gasteiger partial charge is 0.462 e. The smallest absolute Gasteiger partial charge is 0.306 e. The summed E-state index contributed by atoms with van der Waals surface area (Å²) in [5.41, 5.74) is 0. The maximum absolute atomic E-state index is 12.9. The summed E-state index contributed by atoms with van der Waals surface area (Å²) in [5.74, 6) is -1.97. The third-order valence-corrected chi connectivity index (χ3v) is 13.6. The molecule has 0 aromatic carbocycles. The Hall–Kier alpha value is -1.61. The Morgan fingerprint density at radius 3 is 1.26 bits per heavy atom. The van der Waals surface area contributed by atoms with Crippen LogP contribution in [-0.2, 0) is 38.7 Å². The zero-order chi connectivity index (χ0) is 48.4. The van der Waals surface area contributed by atoms with Crippen LogP contribution >= 0.6 is 0 Å². The molecule has 2 unspecified atom stereocenters. The van der Waals surface area contributed by atoms with Crippen molar-refractivity contribution in [2.45, 2.75) is 295 Å². The molecule has 1 rings (SSSR count). The monoisotopic (exact) mass is 961 g/mol. The van der Waals surface area contributed by atoms with Gasteiger partial charge in [-0.05, 0) is 38.5 Å². The number of carbonyl (C=O) groups excluding carboxylic acids is 2. The van der Waals surface area contributed by atoms with E-state index in [1.54, 1.807) is 0 Å². The van der Waals surface area contributed by atoms with Crippen molar-refractivity contribution in [2.75, 3.05) is 19.0 Å². The highest BCUT2D eigenvalue weighted by atomic mass is 32.2. The van der Waals surface area contributed by atoms with Crippen LogP contribution in [0.5, 0.6) is 0 Å². The summed E-state index contributed by atoms with van der Waals surface area (Å²) >= 11 is 0. The van der Waals surface area contributed by atoms with Gasteiger partial charge in [-0.15, -0.1) is 0 Å². The maximum atomic E-state index is 12.9. The van der Waals surface area contributed by atoms with Crippen LogP contribution in [0.3, 0.4) is 0 Å². The van der Waals surface area contributed by atoms with E-state index in [1.165, 1.54) is 167 Å². The molecule has 0 radical (unpaired) electrons. The highest BCUT2D eigenvalue weighted by Crippen LogP contribution is 2.24. The number of allylic oxidation sites excluding steroid dienone is 2. The summed E-state index contributed by atoms with van der Waals surface area (Å²) in [7, 11) is -4.60. The summed E-state index contributed by atoms with van der Waals surface area (Å²) in [5, 5.41) is 31.0. The number of hydrogen-bond donors (Lipinski definition) is 4. The van der Waals surface area contributed by atoms with Crippen LogP contribution in [0.1, 0.15) is 258 Å². The van der Waals surface area contributed by atoms with E-state index in [0.717, 1.165) is 51.4 Å². The lowest BCUT2D eigenvalue weighted by Crippen LogP contribution is -2.60. The third-order valence-electron chi connectivity index (χ3n) is 12.8. The van der Waals surface area contributed by atoms with Crippen LogP contribution in [0, 0.1) is 0 Å². The molecule has 0 spiro atoms. The van der Waals surface area contributed by atoms with Gasteiger partial charge in [-0.1, -0.05) is 219 Å². The molecular weight excluding hydrogens is 861 g/mol. The molecule has 390 valence electrons. The van der Waals surface area contributed by atoms with Gasteiger partial charge < -0.3 is 34.3 Å². The van der Waals surface area contributed by atoms with E-state index < -0.39 is 71.2 Å². The number of unbranched alkanes of at least 4 members (excludes halogenated alkanes) is 33. The van der Waals surface area contributed by atoms with Crippen molar-refractivity contribution in [3.05, 3.63) is 12.2 Å². The normalized spacial score (nSPS) is 19.4. The second-order valence-electron chi connectivity index (χ2n) is 19.3. The molecule has 4 N–H and O–H groups in total. The van der Waals surface area contributed by atoms with Crippen LogP contribution < -0.4 is 0 Å². The molecule has 1 saturated heterocycles. The van der Waals surface area contributed by atoms with Crippen LogP contribution in [-0.4, -0.2) is 96.0 Å². The molecule has 0 bridgehead atoms. The summed E-state index contributed by atoms with van der Waals surface area (Å²) < 4.78 is 54.3. The SMILES string of the molecule is CCCCCCCC/C=C/CCCCCCCCCC(=O)O[C@H](COC(=O)CCCCCCCCCCCCCCCCCCCCCCC)CO[C@H]1O[C@H](CS(=O)(=O)O)[C@@H](O)C(O)C1O. The Morgan fingerprint density at radius 1 is 0.500 bits per heavy atom. The predicted molar refractivity (Wildman–Crippen MR) is 266 cm³/mol. The fourth-order valence-corrected chi connectivity index (χ4v) is 9.31. The first-order chi connectivity index (χ1) is 32.0. The summed E-state index contributed by atoms with van der Waals surface area (Å²) in [4.78, 5) is 25.6. The Kier molecular flexibility index (Phi) is 41.0. The summed E-state index contributed by atoms with van der Waals surface area (Å²) in [6.07, 6.45) is 39.7. The van der Waals surface area contributed by atoms with Gasteiger partial charge in [0.25, 0.3) is 10.1 Å². The van der Waals surface area contributed by atoms with Crippen molar-refractivity contribution in [2.24, 2.45) is 0 Å². The van der Waals surface area contributed by atoms with Gasteiger partial charge in [-0.25, -0.2) is 0 Å². The molecule has 0 aromatic heterocycles. The van der Waals surface area contributed by atoms with Crippen molar-refractivity contribution >= 4 is 22.1 Å². The Labute approximate surface area is 403 Å². The van der Waals surface area contributed by atoms with Crippen molar-refractivity contribution in [1.82, 2.24) is 0 Å². The molecule has 13 heteroatoms. The van der Waals surface area contributed by atoms with Crippen molar-refractivity contribution in [3.63, 3.8) is 0 Å². The molecule has 1 fully saturated rings. The molecule has 1 aliphatic rings. The van der Waals surface area contributed by atoms with E-state index in [1.807, 2.05) is 0 Å². The summed E-state index contributed by atoms with van der Waals surface area (Å²) in [6, 6.07) is 0. The number of rotatable bonds is 47. The second kappa shape index (κ2) is 43.4. The first-order valence-corrected chi connectivity index (χ1v) is 28.9. The van der Waals surface area contributed by atoms with Crippen LogP contribution in [0.25, 0.3) is 0 Å². The minimum atomic E-state index is -4.60. The highest BCUT2D eigenvalue weighted by Gasteiger charge is 2.46. The van der Waals surface area contributed by atoms with Crippen molar-refractivity contribution in [3.8, 4) is 0 Å². The maximum Gasteiger partial charge on any atom is 0.306 e. The lowest BCUT2D eigenvalue weighted by molar-refractivity contribution is -0.297. The van der Waals surface area contributed by atoms with E-state index in [0.29, 0.717) is 12.8 Å². The molecule has 0 aromatic rings. The lowest BCUT2D eigenvalue weighted by atomic mass is 10.00. The van der Waals surface area contributed by atoms with Gasteiger partial charge in [0.2, 0.25) is 0 Å². The summed E-state index contributed by atoms with van der Waals surface area (Å²) in [6.45, 7) is 3.80. The highest BCUT2D eigenvalue weighted by molar-refractivity contribution is 7.85. The van der Waals surface area contributed by atoms with Gasteiger partial charge >= 0.3 is 11.9 Å². The minimum Gasteiger partial charge on any atom is -0.462 e. The van der Waals surface area contributed by atoms with Gasteiger partial charge in [0.15, 0.2) is 12.4 Å². The van der Waals surface area contributed by atoms with Gasteiger partial charge in [0.1, 0.15) is 36.8 Å². The Balaban J connectivity index is 2.33. The zero-order valence-corrected chi connectivity index (χ0v) is 42.9. The quantitative estimate of drug-likeness (QED) is 0.0196. The van der Waals surface area contributed by atoms with E-state index >= 15 is 0 Å². The lowest BCUT2D eigenvalue weighted by Gasteiger charge is -2.40. The molecule has 1 heterocycles. The van der Waals surface area contributed by atoms with Gasteiger partial charge in [0, 0.05) is 12.8 Å². The standard InChI is InChI=1S/C53H100O12S/c1-3-5-7-9-11-13-15-17-19-21-22-23-24-26-27-29-31-33-35-37-39-41-48(54)62-43-46(44-63-53-52(58)51(57)50(56)47(65-53)45-66(59,60)61)64-49(55)42-40-38-36-34-32-30-28-25-20-18-16-14-12-10-8-6-4-2/h18,20,46-47,50-53,56-58H,3-17,19,21-45H2,1-2H3,(H,59,60,61)/b20-18+/t46-,47-,50-,51?,52?,53+/m1/s1. The fraction of sp³-hybridized carbons (Fsp3) is 0.925. The molecule has 12 nitrogen and oxygen atoms in total. The Bertz CT molecular complexity index is 1260. The predicted octanol–water partition coefficient (Wildman–Crippen LogP) is 12.6. The van der Waals surface area contributed by atoms with Crippen LogP contribution in [0.15, 0.2) is 12.2 Å². The van der Waals surface area contributed by atoms with Crippen LogP contribution in [0.4, 0.5) is 0 Å². The van der Waals surface area contributed by atoms with Crippen LogP contribution in [0.2, 0.25) is 0 Å². The van der Waals surface area contributed by atoms with Gasteiger partial charge in [-0.3, -0.25) is 14.1 Å². The van der Waals surface area contributed by atoms with Crippen molar-refractivity contribution in [1.29, 1.82) is 0 Å². The van der Waals surface area contributed by atoms with E-state index in [-0.39, 0.29) is 19.4 Å². The van der Waals surface area contributed by atoms with E-state index in [2.05, 4.69) is 26.0 Å². The number of carbonyl (C=O) groups is 2.